The molecule has 2 aliphatic rings. The summed E-state index contributed by atoms with van der Waals surface area (Å²) < 4.78 is 0. The molecule has 5 rings (SSSR count). The van der Waals surface area contributed by atoms with E-state index in [9.17, 15) is 0 Å². The maximum Gasteiger partial charge on any atom is 0.186 e. The Morgan fingerprint density at radius 3 is 2.57 bits per heavy atom. The molecule has 3 aromatic rings. The number of hydrogen-bond donors (Lipinski definition) is 1. The first-order valence-electron chi connectivity index (χ1n) is 10.8. The fraction of sp³-hybridized carbons (Fsp3) is 0.435. The number of piperidine rings is 1. The van der Waals surface area contributed by atoms with Crippen molar-refractivity contribution in [2.75, 3.05) is 18.0 Å². The van der Waals surface area contributed by atoms with Crippen LogP contribution in [0.4, 0.5) is 5.13 Å². The standard InChI is InChI=1S/C23H26ClN5S/c24-17-8-6-7-16(15-17)19-20(30-22(28-19)29-13-4-1-5-14-29)18-9-12-26-21(27-18)23(25)10-2-3-11-23/h6-9,12,15H,1-5,10-11,13-14,25H2. The minimum Gasteiger partial charge on any atom is -0.348 e. The molecule has 2 fully saturated rings. The van der Waals surface area contributed by atoms with E-state index in [0.717, 1.165) is 71.6 Å². The number of halogens is 1. The molecule has 7 heteroatoms. The predicted octanol–water partition coefficient (Wildman–Crippen LogP) is 5.64. The van der Waals surface area contributed by atoms with Gasteiger partial charge in [-0.2, -0.15) is 0 Å². The second-order valence-electron chi connectivity index (χ2n) is 8.36. The van der Waals surface area contributed by atoms with Crippen LogP contribution in [0.25, 0.3) is 21.8 Å². The fourth-order valence-electron chi connectivity index (χ4n) is 4.49. The van der Waals surface area contributed by atoms with Gasteiger partial charge in [-0.15, -0.1) is 0 Å². The second kappa shape index (κ2) is 8.25. The van der Waals surface area contributed by atoms with E-state index in [1.807, 2.05) is 30.5 Å². The molecule has 1 aliphatic heterocycles. The van der Waals surface area contributed by atoms with Gasteiger partial charge in [-0.3, -0.25) is 0 Å². The summed E-state index contributed by atoms with van der Waals surface area (Å²) in [6.07, 6.45) is 9.73. The minimum atomic E-state index is -0.410. The molecule has 2 N–H and O–H groups in total. The van der Waals surface area contributed by atoms with Gasteiger partial charge < -0.3 is 10.6 Å². The SMILES string of the molecule is NC1(c2nccc(-c3sc(N4CCCCC4)nc3-c3cccc(Cl)c3)n2)CCCC1. The molecule has 2 aromatic heterocycles. The average Bonchev–Trinajstić information content (AvgIpc) is 3.42. The van der Waals surface area contributed by atoms with E-state index >= 15 is 0 Å². The molecule has 0 unspecified atom stereocenters. The molecule has 1 aliphatic carbocycles. The zero-order chi connectivity index (χ0) is 20.6. The van der Waals surface area contributed by atoms with E-state index in [0.29, 0.717) is 5.02 Å². The number of nitrogens with two attached hydrogens (primary N) is 1. The topological polar surface area (TPSA) is 67.9 Å². The number of hydrogen-bond acceptors (Lipinski definition) is 6. The highest BCUT2D eigenvalue weighted by molar-refractivity contribution is 7.19. The number of benzene rings is 1. The van der Waals surface area contributed by atoms with Crippen molar-refractivity contribution in [2.45, 2.75) is 50.5 Å². The number of aromatic nitrogens is 3. The van der Waals surface area contributed by atoms with Crippen LogP contribution in [0, 0.1) is 0 Å². The van der Waals surface area contributed by atoms with Crippen LogP contribution >= 0.6 is 22.9 Å². The van der Waals surface area contributed by atoms with Crippen molar-refractivity contribution < 1.29 is 0 Å². The van der Waals surface area contributed by atoms with Crippen LogP contribution in [0.5, 0.6) is 0 Å². The van der Waals surface area contributed by atoms with E-state index in [2.05, 4.69) is 16.0 Å². The molecule has 1 saturated heterocycles. The van der Waals surface area contributed by atoms with E-state index < -0.39 is 5.54 Å². The molecule has 0 bridgehead atoms. The molecule has 0 radical (unpaired) electrons. The fourth-order valence-corrected chi connectivity index (χ4v) is 5.79. The van der Waals surface area contributed by atoms with E-state index in [4.69, 9.17) is 27.3 Å². The summed E-state index contributed by atoms with van der Waals surface area (Å²) in [5, 5.41) is 1.77. The van der Waals surface area contributed by atoms with Crippen molar-refractivity contribution in [2.24, 2.45) is 5.73 Å². The molecule has 156 valence electrons. The first kappa shape index (κ1) is 19.9. The molecule has 30 heavy (non-hydrogen) atoms. The number of thiazole rings is 1. The largest absolute Gasteiger partial charge is 0.348 e. The average molecular weight is 440 g/mol. The molecule has 5 nitrogen and oxygen atoms in total. The summed E-state index contributed by atoms with van der Waals surface area (Å²) in [5.74, 6) is 0.752. The summed E-state index contributed by atoms with van der Waals surface area (Å²) in [5.41, 5.74) is 9.09. The van der Waals surface area contributed by atoms with Crippen molar-refractivity contribution >= 4 is 28.1 Å². The molecule has 0 amide bonds. The third-order valence-electron chi connectivity index (χ3n) is 6.17. The van der Waals surface area contributed by atoms with Gasteiger partial charge >= 0.3 is 0 Å². The lowest BCUT2D eigenvalue weighted by Crippen LogP contribution is -2.35. The lowest BCUT2D eigenvalue weighted by Gasteiger charge is -2.25. The Bertz CT molecular complexity index is 1040. The first-order chi connectivity index (χ1) is 14.6. The van der Waals surface area contributed by atoms with Crippen molar-refractivity contribution in [1.82, 2.24) is 15.0 Å². The van der Waals surface area contributed by atoms with E-state index in [1.54, 1.807) is 11.3 Å². The van der Waals surface area contributed by atoms with Crippen LogP contribution in [0.1, 0.15) is 50.8 Å². The van der Waals surface area contributed by atoms with Crippen LogP contribution in [0.3, 0.4) is 0 Å². The summed E-state index contributed by atoms with van der Waals surface area (Å²) in [7, 11) is 0. The predicted molar refractivity (Wildman–Crippen MR) is 124 cm³/mol. The van der Waals surface area contributed by atoms with Gasteiger partial charge in [-0.05, 0) is 50.3 Å². The Kier molecular flexibility index (Phi) is 5.48. The summed E-state index contributed by atoms with van der Waals surface area (Å²) in [6, 6.07) is 9.88. The van der Waals surface area contributed by atoms with Crippen LogP contribution in [0.15, 0.2) is 36.5 Å². The molecule has 3 heterocycles. The van der Waals surface area contributed by atoms with Gasteiger partial charge in [0.15, 0.2) is 5.13 Å². The van der Waals surface area contributed by atoms with Gasteiger partial charge in [0.05, 0.1) is 21.8 Å². The van der Waals surface area contributed by atoms with Crippen LogP contribution in [-0.2, 0) is 5.54 Å². The first-order valence-corrected chi connectivity index (χ1v) is 12.0. The van der Waals surface area contributed by atoms with Crippen molar-refractivity contribution in [3.63, 3.8) is 0 Å². The quantitative estimate of drug-likeness (QED) is 0.569. The smallest absolute Gasteiger partial charge is 0.186 e. The van der Waals surface area contributed by atoms with Gasteiger partial charge in [0.2, 0.25) is 0 Å². The number of rotatable bonds is 4. The maximum atomic E-state index is 6.66. The molecular weight excluding hydrogens is 414 g/mol. The van der Waals surface area contributed by atoms with Gasteiger partial charge in [0.1, 0.15) is 5.82 Å². The molecular formula is C23H26ClN5S. The Balaban J connectivity index is 1.60. The molecule has 1 saturated carbocycles. The Morgan fingerprint density at radius 2 is 1.80 bits per heavy atom. The second-order valence-corrected chi connectivity index (χ2v) is 9.77. The van der Waals surface area contributed by atoms with Gasteiger partial charge in [-0.1, -0.05) is 47.9 Å². The van der Waals surface area contributed by atoms with Crippen molar-refractivity contribution in [1.29, 1.82) is 0 Å². The highest BCUT2D eigenvalue weighted by atomic mass is 35.5. The van der Waals surface area contributed by atoms with Crippen molar-refractivity contribution in [3.05, 3.63) is 47.4 Å². The Morgan fingerprint density at radius 1 is 1.00 bits per heavy atom. The van der Waals surface area contributed by atoms with Crippen molar-refractivity contribution in [3.8, 4) is 21.8 Å². The highest BCUT2D eigenvalue weighted by Gasteiger charge is 2.34. The number of nitrogens with zero attached hydrogens (tertiary/aromatic N) is 4. The van der Waals surface area contributed by atoms with Crippen LogP contribution < -0.4 is 10.6 Å². The Hall–Kier alpha value is -2.02. The Labute approximate surface area is 186 Å². The zero-order valence-corrected chi connectivity index (χ0v) is 18.6. The number of anilines is 1. The summed E-state index contributed by atoms with van der Waals surface area (Å²) in [4.78, 5) is 18.0. The van der Waals surface area contributed by atoms with Gasteiger partial charge in [0, 0.05) is 29.9 Å². The van der Waals surface area contributed by atoms with Gasteiger partial charge in [0.25, 0.3) is 0 Å². The van der Waals surface area contributed by atoms with Crippen LogP contribution in [-0.4, -0.2) is 28.0 Å². The summed E-state index contributed by atoms with van der Waals surface area (Å²) in [6.45, 7) is 2.12. The van der Waals surface area contributed by atoms with E-state index in [-0.39, 0.29) is 0 Å². The normalized spacial score (nSPS) is 18.7. The third-order valence-corrected chi connectivity index (χ3v) is 7.54. The molecule has 0 atom stereocenters. The maximum absolute atomic E-state index is 6.66. The zero-order valence-electron chi connectivity index (χ0n) is 17.0. The molecule has 0 spiro atoms. The monoisotopic (exact) mass is 439 g/mol. The van der Waals surface area contributed by atoms with Crippen LogP contribution in [0.2, 0.25) is 5.02 Å². The highest BCUT2D eigenvalue weighted by Crippen LogP contribution is 2.42. The van der Waals surface area contributed by atoms with E-state index in [1.165, 1.54) is 19.3 Å². The minimum absolute atomic E-state index is 0.410. The lowest BCUT2D eigenvalue weighted by atomic mass is 9.98. The molecule has 1 aromatic carbocycles. The third kappa shape index (κ3) is 3.84. The lowest BCUT2D eigenvalue weighted by molar-refractivity contribution is 0.432. The van der Waals surface area contributed by atoms with Gasteiger partial charge in [-0.25, -0.2) is 15.0 Å². The summed E-state index contributed by atoms with van der Waals surface area (Å²) >= 11 is 8.01.